The van der Waals surface area contributed by atoms with Crippen LogP contribution in [0.2, 0.25) is 0 Å². The largest absolute Gasteiger partial charge is 0.0533 e. The van der Waals surface area contributed by atoms with Crippen molar-refractivity contribution in [1.82, 2.24) is 0 Å². The molecule has 98 valence electrons. The summed E-state index contributed by atoms with van der Waals surface area (Å²) in [6.07, 6.45) is 27.5. The van der Waals surface area contributed by atoms with E-state index in [2.05, 4.69) is 44.9 Å². The first kappa shape index (κ1) is 17.6. The summed E-state index contributed by atoms with van der Waals surface area (Å²) in [6.45, 7) is 0. The molecule has 17 heavy (non-hydrogen) atoms. The van der Waals surface area contributed by atoms with Gasteiger partial charge in [-0.1, -0.05) is 19.3 Å². The fourth-order valence-electron chi connectivity index (χ4n) is 1.85. The number of hydrogen-bond donors (Lipinski definition) is 0. The molecule has 2 aliphatic carbocycles. The van der Waals surface area contributed by atoms with Gasteiger partial charge in [-0.15, -0.1) is 0 Å². The van der Waals surface area contributed by atoms with Gasteiger partial charge >= 0.3 is 0 Å². The van der Waals surface area contributed by atoms with Gasteiger partial charge in [-0.2, -0.15) is 0 Å². The second-order valence-corrected chi connectivity index (χ2v) is 4.40. The van der Waals surface area contributed by atoms with E-state index in [0.717, 1.165) is 0 Å². The van der Waals surface area contributed by atoms with Crippen LogP contribution in [0.3, 0.4) is 0 Å². The Morgan fingerprint density at radius 1 is 0.412 bits per heavy atom. The van der Waals surface area contributed by atoms with E-state index in [4.69, 9.17) is 0 Å². The Hall–Kier alpha value is 0.623. The standard InChI is InChI=1S/C8H13.C8H12.Rh/c2*1-2-4-6-8-7-5-3-1;/h1-3H,4-8H2;1-2,7-8H,3-6H2;. The predicted octanol–water partition coefficient (Wildman–Crippen LogP) is 4.94. The molecule has 8 radical (unpaired) electrons. The molecule has 2 fully saturated rings. The smallest absolute Gasteiger partial charge is 0 e. The molecule has 0 unspecified atom stereocenters. The molecular weight excluding hydrogens is 295 g/mol. The Morgan fingerprint density at radius 3 is 1.24 bits per heavy atom. The summed E-state index contributed by atoms with van der Waals surface area (Å²) in [7, 11) is 0. The van der Waals surface area contributed by atoms with Gasteiger partial charge in [0.25, 0.3) is 0 Å². The zero-order chi connectivity index (χ0) is 11.3. The molecule has 0 saturated heterocycles. The van der Waals surface area contributed by atoms with Crippen LogP contribution in [-0.4, -0.2) is 0 Å². The minimum Gasteiger partial charge on any atom is -0.0533 e. The fourth-order valence-corrected chi connectivity index (χ4v) is 1.85. The zero-order valence-corrected chi connectivity index (χ0v) is 12.4. The van der Waals surface area contributed by atoms with E-state index in [1.54, 1.807) is 0 Å². The summed E-state index contributed by atoms with van der Waals surface area (Å²) in [4.78, 5) is 0. The first-order chi connectivity index (χ1) is 8.00. The van der Waals surface area contributed by atoms with Crippen LogP contribution in [0.25, 0.3) is 0 Å². The van der Waals surface area contributed by atoms with Crippen LogP contribution < -0.4 is 0 Å². The summed E-state index contributed by atoms with van der Waals surface area (Å²) >= 11 is 0. The first-order valence-electron chi connectivity index (χ1n) is 6.78. The molecule has 0 amide bonds. The van der Waals surface area contributed by atoms with E-state index in [1.807, 2.05) is 0 Å². The Morgan fingerprint density at radius 2 is 0.824 bits per heavy atom. The quantitative estimate of drug-likeness (QED) is 0.555. The normalized spacial score (nSPS) is 22.6. The van der Waals surface area contributed by atoms with Crippen molar-refractivity contribution >= 4 is 0 Å². The topological polar surface area (TPSA) is 0 Å². The molecule has 0 aromatic rings. The average Bonchev–Trinajstić information content (AvgIpc) is 2.15. The van der Waals surface area contributed by atoms with Gasteiger partial charge in [0, 0.05) is 19.5 Å². The fraction of sp³-hybridized carbons (Fsp3) is 0.562. The third kappa shape index (κ3) is 12.9. The molecule has 0 N–H and O–H groups in total. The van der Waals surface area contributed by atoms with Crippen molar-refractivity contribution in [2.75, 3.05) is 0 Å². The van der Waals surface area contributed by atoms with Crippen LogP contribution in [-0.2, 0) is 19.5 Å². The summed E-state index contributed by atoms with van der Waals surface area (Å²) in [5.74, 6) is 0. The van der Waals surface area contributed by atoms with E-state index in [0.29, 0.717) is 0 Å². The van der Waals surface area contributed by atoms with Crippen molar-refractivity contribution in [3.8, 4) is 0 Å². The minimum atomic E-state index is 0. The molecule has 2 aliphatic rings. The molecule has 0 heterocycles. The zero-order valence-electron chi connectivity index (χ0n) is 10.7. The van der Waals surface area contributed by atoms with Gasteiger partial charge < -0.3 is 0 Å². The monoisotopic (exact) mass is 320 g/mol. The summed E-state index contributed by atoms with van der Waals surface area (Å²) in [5.41, 5.74) is 0. The molecule has 0 aromatic carbocycles. The SMILES string of the molecule is [CH]1[CH]CCCCC[CH]1.[CH]1[CH]CC[CH][CH]CC1.[Rh]. The van der Waals surface area contributed by atoms with Crippen molar-refractivity contribution in [2.45, 2.75) is 57.8 Å². The molecular formula is C16H25Rh. The van der Waals surface area contributed by atoms with Crippen LogP contribution >= 0.6 is 0 Å². The van der Waals surface area contributed by atoms with Crippen LogP contribution in [0, 0.1) is 44.9 Å². The van der Waals surface area contributed by atoms with E-state index in [9.17, 15) is 0 Å². The van der Waals surface area contributed by atoms with Crippen molar-refractivity contribution in [3.63, 3.8) is 0 Å². The molecule has 0 atom stereocenters. The Labute approximate surface area is 122 Å². The van der Waals surface area contributed by atoms with Crippen molar-refractivity contribution in [1.29, 1.82) is 0 Å². The molecule has 1 heteroatoms. The first-order valence-corrected chi connectivity index (χ1v) is 6.78. The minimum absolute atomic E-state index is 0. The molecule has 0 aliphatic heterocycles. The number of rotatable bonds is 0. The summed E-state index contributed by atoms with van der Waals surface area (Å²) in [5, 5.41) is 0. The second-order valence-electron chi connectivity index (χ2n) is 4.40. The Bertz CT molecular complexity index is 69.5. The average molecular weight is 320 g/mol. The molecule has 2 saturated carbocycles. The second kappa shape index (κ2) is 14.7. The maximum Gasteiger partial charge on any atom is 0 e. The maximum absolute atomic E-state index is 2.27. The Balaban J connectivity index is 0.000000284. The molecule has 2 rings (SSSR count). The van der Waals surface area contributed by atoms with Crippen LogP contribution in [0.4, 0.5) is 0 Å². The van der Waals surface area contributed by atoms with Gasteiger partial charge in [-0.05, 0) is 83.5 Å². The van der Waals surface area contributed by atoms with Gasteiger partial charge in [-0.25, -0.2) is 0 Å². The van der Waals surface area contributed by atoms with Gasteiger partial charge in [0.05, 0.1) is 0 Å². The van der Waals surface area contributed by atoms with Crippen LogP contribution in [0.5, 0.6) is 0 Å². The number of hydrogen-bond acceptors (Lipinski definition) is 0. The molecule has 0 aromatic heterocycles. The maximum atomic E-state index is 2.27. The third-order valence-electron chi connectivity index (χ3n) is 2.85. The van der Waals surface area contributed by atoms with Gasteiger partial charge in [0.2, 0.25) is 0 Å². The van der Waals surface area contributed by atoms with E-state index >= 15 is 0 Å². The molecule has 0 nitrogen and oxygen atoms in total. The van der Waals surface area contributed by atoms with E-state index < -0.39 is 0 Å². The summed E-state index contributed by atoms with van der Waals surface area (Å²) < 4.78 is 0. The predicted molar refractivity (Wildman–Crippen MR) is 71.7 cm³/mol. The van der Waals surface area contributed by atoms with Gasteiger partial charge in [0.1, 0.15) is 0 Å². The van der Waals surface area contributed by atoms with Gasteiger partial charge in [0.15, 0.2) is 0 Å². The van der Waals surface area contributed by atoms with Crippen molar-refractivity contribution in [3.05, 3.63) is 44.9 Å². The Kier molecular flexibility index (Phi) is 15.2. The van der Waals surface area contributed by atoms with Crippen LogP contribution in [0.1, 0.15) is 57.8 Å². The van der Waals surface area contributed by atoms with E-state index in [-0.39, 0.29) is 19.5 Å². The molecule has 0 bridgehead atoms. The van der Waals surface area contributed by atoms with Crippen molar-refractivity contribution < 1.29 is 19.5 Å². The van der Waals surface area contributed by atoms with E-state index in [1.165, 1.54) is 57.8 Å². The van der Waals surface area contributed by atoms with Crippen LogP contribution in [0.15, 0.2) is 0 Å². The van der Waals surface area contributed by atoms with Crippen molar-refractivity contribution in [2.24, 2.45) is 0 Å². The molecule has 0 spiro atoms. The van der Waals surface area contributed by atoms with Gasteiger partial charge in [-0.3, -0.25) is 0 Å². The third-order valence-corrected chi connectivity index (χ3v) is 2.85. The summed E-state index contributed by atoms with van der Waals surface area (Å²) in [6, 6.07) is 0.